The number of carboxylic acid groups (broad SMARTS) is 2. The van der Waals surface area contributed by atoms with Gasteiger partial charge in [0.1, 0.15) is 0 Å². The van der Waals surface area contributed by atoms with Gasteiger partial charge in [-0.25, -0.2) is 9.59 Å². The first-order valence-corrected chi connectivity index (χ1v) is 10.5. The fraction of sp³-hybridized carbons (Fsp3) is 0.550. The number of rotatable bonds is 9. The summed E-state index contributed by atoms with van der Waals surface area (Å²) in [6.45, 7) is 2.39. The summed E-state index contributed by atoms with van der Waals surface area (Å²) in [5, 5.41) is 41.7. The highest BCUT2D eigenvalue weighted by Gasteiger charge is 2.54. The Labute approximate surface area is 182 Å². The van der Waals surface area contributed by atoms with Gasteiger partial charge in [-0.1, -0.05) is 26.2 Å². The molecule has 7 N–H and O–H groups in total. The van der Waals surface area contributed by atoms with E-state index >= 15 is 0 Å². The zero-order valence-corrected chi connectivity index (χ0v) is 18.2. The summed E-state index contributed by atoms with van der Waals surface area (Å²) in [6.07, 6.45) is 3.48. The second-order valence-corrected chi connectivity index (χ2v) is 8.57. The van der Waals surface area contributed by atoms with Crippen LogP contribution in [0.25, 0.3) is 0 Å². The molecule has 2 atom stereocenters. The Morgan fingerprint density at radius 1 is 1.23 bits per heavy atom. The van der Waals surface area contributed by atoms with E-state index in [0.29, 0.717) is 17.8 Å². The van der Waals surface area contributed by atoms with Crippen molar-refractivity contribution in [2.24, 2.45) is 0 Å². The fourth-order valence-corrected chi connectivity index (χ4v) is 4.36. The molecule has 0 bridgehead atoms. The second-order valence-electron chi connectivity index (χ2n) is 7.72. The summed E-state index contributed by atoms with van der Waals surface area (Å²) in [6, 6.07) is 2.50. The standard InChI is InChI=1S/C20H27BrN2O7/c1-2-19(6-4-3-5-7-19)23-10-12-8-11(9-13(21)14(12)22)15(24)20(30,18(28)29)16(25)17(26)27/h8-9,16,23,25,30H,2-7,10,22H2,1H3,(H,26,27)(H,28,29). The van der Waals surface area contributed by atoms with E-state index in [2.05, 4.69) is 28.2 Å². The number of ketones is 1. The molecule has 0 aliphatic heterocycles. The predicted octanol–water partition coefficient (Wildman–Crippen LogP) is 1.68. The summed E-state index contributed by atoms with van der Waals surface area (Å²) in [4.78, 5) is 35.3. The maximum absolute atomic E-state index is 12.8. The lowest BCUT2D eigenvalue weighted by atomic mass is 9.79. The number of carbonyl (C=O) groups excluding carboxylic acids is 1. The fourth-order valence-electron chi connectivity index (χ4n) is 3.86. The molecule has 0 aromatic heterocycles. The Morgan fingerprint density at radius 2 is 1.83 bits per heavy atom. The Kier molecular flexibility index (Phi) is 7.62. The summed E-state index contributed by atoms with van der Waals surface area (Å²) in [5.41, 5.74) is 3.05. The van der Waals surface area contributed by atoms with Crippen LogP contribution < -0.4 is 11.1 Å². The Balaban J connectivity index is 2.38. The number of aliphatic hydroxyl groups is 2. The molecule has 0 spiro atoms. The molecule has 1 fully saturated rings. The molecule has 0 saturated heterocycles. The first-order chi connectivity index (χ1) is 14.0. The molecule has 10 heteroatoms. The van der Waals surface area contributed by atoms with Crippen LogP contribution in [0.3, 0.4) is 0 Å². The molecule has 1 aliphatic carbocycles. The number of hydrogen-bond acceptors (Lipinski definition) is 7. The van der Waals surface area contributed by atoms with E-state index in [0.717, 1.165) is 32.1 Å². The lowest BCUT2D eigenvalue weighted by Crippen LogP contribution is -2.58. The van der Waals surface area contributed by atoms with Gasteiger partial charge in [0.2, 0.25) is 5.78 Å². The highest BCUT2D eigenvalue weighted by molar-refractivity contribution is 9.10. The molecule has 1 aliphatic rings. The molecule has 9 nitrogen and oxygen atoms in total. The molecule has 1 aromatic rings. The number of anilines is 1. The number of aliphatic carboxylic acids is 2. The molecule has 1 aromatic carbocycles. The number of nitrogen functional groups attached to an aromatic ring is 1. The highest BCUT2D eigenvalue weighted by atomic mass is 79.9. The second kappa shape index (κ2) is 9.42. The van der Waals surface area contributed by atoms with Crippen molar-refractivity contribution < 1.29 is 34.8 Å². The van der Waals surface area contributed by atoms with E-state index in [4.69, 9.17) is 10.8 Å². The van der Waals surface area contributed by atoms with Gasteiger partial charge < -0.3 is 31.5 Å². The topological polar surface area (TPSA) is 170 Å². The number of halogens is 1. The zero-order valence-electron chi connectivity index (χ0n) is 16.7. The molecular weight excluding hydrogens is 460 g/mol. The average Bonchev–Trinajstić information content (AvgIpc) is 2.73. The number of carbonyl (C=O) groups is 3. The normalized spacial score (nSPS) is 18.9. The zero-order chi connectivity index (χ0) is 22.7. The van der Waals surface area contributed by atoms with Crippen LogP contribution in [0.4, 0.5) is 5.69 Å². The third-order valence-corrected chi connectivity index (χ3v) is 6.58. The summed E-state index contributed by atoms with van der Waals surface area (Å²) >= 11 is 3.22. The largest absolute Gasteiger partial charge is 0.479 e. The first-order valence-electron chi connectivity index (χ1n) is 9.73. The van der Waals surface area contributed by atoms with Crippen LogP contribution in [0.1, 0.15) is 61.4 Å². The molecule has 0 heterocycles. The van der Waals surface area contributed by atoms with Crippen molar-refractivity contribution in [3.63, 3.8) is 0 Å². The van der Waals surface area contributed by atoms with Gasteiger partial charge in [0.25, 0.3) is 5.60 Å². The molecule has 1 saturated carbocycles. The van der Waals surface area contributed by atoms with Gasteiger partial charge in [-0.3, -0.25) is 4.79 Å². The maximum Gasteiger partial charge on any atom is 0.347 e. The molecule has 2 unspecified atom stereocenters. The third kappa shape index (κ3) is 4.66. The number of benzene rings is 1. The van der Waals surface area contributed by atoms with Crippen molar-refractivity contribution in [2.45, 2.75) is 69.2 Å². The van der Waals surface area contributed by atoms with Crippen LogP contribution in [0.5, 0.6) is 0 Å². The summed E-state index contributed by atoms with van der Waals surface area (Å²) in [5.74, 6) is -5.65. The van der Waals surface area contributed by atoms with Crippen molar-refractivity contribution in [2.75, 3.05) is 5.73 Å². The van der Waals surface area contributed by atoms with E-state index in [1.807, 2.05) is 0 Å². The van der Waals surface area contributed by atoms with E-state index in [-0.39, 0.29) is 15.6 Å². The van der Waals surface area contributed by atoms with Gasteiger partial charge in [-0.2, -0.15) is 0 Å². The lowest BCUT2D eigenvalue weighted by Gasteiger charge is -2.38. The Hall–Kier alpha value is -2.01. The van der Waals surface area contributed by atoms with Crippen molar-refractivity contribution >= 4 is 39.3 Å². The van der Waals surface area contributed by atoms with Gasteiger partial charge in [0, 0.05) is 22.1 Å². The monoisotopic (exact) mass is 486 g/mol. The quantitative estimate of drug-likeness (QED) is 0.172. The third-order valence-electron chi connectivity index (χ3n) is 5.92. The molecule has 2 rings (SSSR count). The summed E-state index contributed by atoms with van der Waals surface area (Å²) < 4.78 is 0.289. The number of carboxylic acids is 2. The smallest absolute Gasteiger partial charge is 0.347 e. The van der Waals surface area contributed by atoms with E-state index < -0.39 is 29.4 Å². The van der Waals surface area contributed by atoms with Crippen LogP contribution in [-0.4, -0.2) is 55.4 Å². The molecule has 0 amide bonds. The number of Topliss-reactive ketones (excluding diaryl/α,β-unsaturated/α-hetero) is 1. The van der Waals surface area contributed by atoms with E-state index in [9.17, 15) is 29.7 Å². The van der Waals surface area contributed by atoms with Crippen molar-refractivity contribution in [1.82, 2.24) is 5.32 Å². The minimum Gasteiger partial charge on any atom is -0.479 e. The van der Waals surface area contributed by atoms with Gasteiger partial charge in [0.15, 0.2) is 6.10 Å². The minimum absolute atomic E-state index is 0.0571. The van der Waals surface area contributed by atoms with Gasteiger partial charge in [-0.15, -0.1) is 0 Å². The van der Waals surface area contributed by atoms with Crippen molar-refractivity contribution in [3.05, 3.63) is 27.7 Å². The average molecular weight is 487 g/mol. The van der Waals surface area contributed by atoms with Crippen molar-refractivity contribution in [3.8, 4) is 0 Å². The molecular formula is C20H27BrN2O7. The van der Waals surface area contributed by atoms with Crippen LogP contribution in [0, 0.1) is 0 Å². The van der Waals surface area contributed by atoms with Crippen molar-refractivity contribution in [1.29, 1.82) is 0 Å². The van der Waals surface area contributed by atoms with Gasteiger partial charge in [0.05, 0.1) is 5.69 Å². The molecule has 0 radical (unpaired) electrons. The lowest BCUT2D eigenvalue weighted by molar-refractivity contribution is -0.175. The Morgan fingerprint density at radius 3 is 2.33 bits per heavy atom. The summed E-state index contributed by atoms with van der Waals surface area (Å²) in [7, 11) is 0. The maximum atomic E-state index is 12.8. The van der Waals surface area contributed by atoms with Gasteiger partial charge >= 0.3 is 11.9 Å². The number of hydrogen-bond donors (Lipinski definition) is 6. The van der Waals surface area contributed by atoms with E-state index in [1.54, 1.807) is 0 Å². The highest BCUT2D eigenvalue weighted by Crippen LogP contribution is 2.33. The number of nitrogens with one attached hydrogen (secondary N) is 1. The SMILES string of the molecule is CCC1(NCc2cc(C(=O)C(O)(C(=O)O)C(O)C(=O)O)cc(Br)c2N)CCCCC1. The molecule has 166 valence electrons. The van der Waals surface area contributed by atoms with Crippen LogP contribution in [-0.2, 0) is 16.1 Å². The number of nitrogens with two attached hydrogens (primary N) is 1. The van der Waals surface area contributed by atoms with Crippen LogP contribution >= 0.6 is 15.9 Å². The number of aliphatic hydroxyl groups excluding tert-OH is 1. The first kappa shape index (κ1) is 24.3. The van der Waals surface area contributed by atoms with Crippen LogP contribution in [0.2, 0.25) is 0 Å². The van der Waals surface area contributed by atoms with E-state index in [1.165, 1.54) is 18.6 Å². The Bertz CT molecular complexity index is 839. The minimum atomic E-state index is -3.54. The predicted molar refractivity (Wildman–Crippen MR) is 112 cm³/mol. The molecule has 30 heavy (non-hydrogen) atoms. The van der Waals surface area contributed by atoms with Crippen LogP contribution in [0.15, 0.2) is 16.6 Å². The van der Waals surface area contributed by atoms with Gasteiger partial charge in [-0.05, 0) is 52.9 Å².